The van der Waals surface area contributed by atoms with Gasteiger partial charge >= 0.3 is 0 Å². The molecule has 1 saturated heterocycles. The van der Waals surface area contributed by atoms with Crippen molar-refractivity contribution in [3.63, 3.8) is 0 Å². The lowest BCUT2D eigenvalue weighted by Crippen LogP contribution is -2.49. The fourth-order valence-electron chi connectivity index (χ4n) is 2.80. The minimum Gasteiger partial charge on any atom is -0.374 e. The third-order valence-corrected chi connectivity index (χ3v) is 3.80. The van der Waals surface area contributed by atoms with E-state index in [9.17, 15) is 0 Å². The van der Waals surface area contributed by atoms with Crippen LogP contribution in [0.15, 0.2) is 12.3 Å². The van der Waals surface area contributed by atoms with Crippen LogP contribution >= 0.6 is 0 Å². The molecule has 2 fully saturated rings. The van der Waals surface area contributed by atoms with Crippen LogP contribution in [0.3, 0.4) is 0 Å². The van der Waals surface area contributed by atoms with Crippen molar-refractivity contribution < 1.29 is 4.74 Å². The summed E-state index contributed by atoms with van der Waals surface area (Å²) >= 11 is 0. The predicted octanol–water partition coefficient (Wildman–Crippen LogP) is 0.283. The molecule has 1 aliphatic carbocycles. The minimum absolute atomic E-state index is 0.0970. The van der Waals surface area contributed by atoms with E-state index in [0.717, 1.165) is 19.2 Å². The summed E-state index contributed by atoms with van der Waals surface area (Å²) in [6.07, 6.45) is 4.57. The summed E-state index contributed by atoms with van der Waals surface area (Å²) in [7, 11) is 1.99. The van der Waals surface area contributed by atoms with E-state index in [1.807, 2.05) is 17.9 Å². The van der Waals surface area contributed by atoms with Gasteiger partial charge in [0.25, 0.3) is 0 Å². The van der Waals surface area contributed by atoms with E-state index in [2.05, 4.69) is 16.1 Å². The van der Waals surface area contributed by atoms with Gasteiger partial charge in [0, 0.05) is 32.4 Å². The molecule has 5 heteroatoms. The molecule has 1 aromatic heterocycles. The number of aromatic nitrogens is 2. The average Bonchev–Trinajstić information content (AvgIpc) is 3.11. The largest absolute Gasteiger partial charge is 0.374 e. The molecule has 1 aliphatic heterocycles. The van der Waals surface area contributed by atoms with E-state index >= 15 is 0 Å². The fraction of sp³-hybridized carbons (Fsp3) is 0.750. The third-order valence-electron chi connectivity index (χ3n) is 3.80. The molecule has 2 N–H and O–H groups in total. The Bertz CT molecular complexity index is 388. The zero-order valence-corrected chi connectivity index (χ0v) is 10.2. The van der Waals surface area contributed by atoms with E-state index in [1.165, 1.54) is 18.5 Å². The quantitative estimate of drug-likeness (QED) is 0.819. The van der Waals surface area contributed by atoms with Crippen LogP contribution in [0.5, 0.6) is 0 Å². The van der Waals surface area contributed by atoms with Gasteiger partial charge in [0.15, 0.2) is 0 Å². The van der Waals surface area contributed by atoms with Crippen LogP contribution in [0.25, 0.3) is 0 Å². The fourth-order valence-corrected chi connectivity index (χ4v) is 2.80. The predicted molar refractivity (Wildman–Crippen MR) is 64.5 cm³/mol. The van der Waals surface area contributed by atoms with Crippen LogP contribution in [0.2, 0.25) is 0 Å². The Kier molecular flexibility index (Phi) is 2.90. The van der Waals surface area contributed by atoms with E-state index in [-0.39, 0.29) is 12.1 Å². The number of hydrogen-bond acceptors (Lipinski definition) is 4. The van der Waals surface area contributed by atoms with Crippen molar-refractivity contribution in [2.75, 3.05) is 19.7 Å². The zero-order chi connectivity index (χ0) is 11.8. The maximum atomic E-state index is 5.85. The average molecular weight is 236 g/mol. The summed E-state index contributed by atoms with van der Waals surface area (Å²) in [4.78, 5) is 2.55. The van der Waals surface area contributed by atoms with Crippen molar-refractivity contribution >= 4 is 0 Å². The molecule has 0 radical (unpaired) electrons. The summed E-state index contributed by atoms with van der Waals surface area (Å²) in [6.45, 7) is 2.38. The van der Waals surface area contributed by atoms with Crippen molar-refractivity contribution in [3.05, 3.63) is 18.0 Å². The second kappa shape index (κ2) is 4.40. The van der Waals surface area contributed by atoms with Gasteiger partial charge in [-0.2, -0.15) is 5.10 Å². The first kappa shape index (κ1) is 11.2. The summed E-state index contributed by atoms with van der Waals surface area (Å²) in [5.74, 6) is 0. The number of aryl methyl sites for hydroxylation is 1. The molecule has 0 amide bonds. The van der Waals surface area contributed by atoms with Gasteiger partial charge in [-0.25, -0.2) is 0 Å². The summed E-state index contributed by atoms with van der Waals surface area (Å²) in [6, 6.07) is 3.08. The molecule has 1 saturated carbocycles. The first-order valence-corrected chi connectivity index (χ1v) is 6.36. The molecule has 17 heavy (non-hydrogen) atoms. The first-order chi connectivity index (χ1) is 8.31. The SMILES string of the molecule is Cn1nccc1C1C(CN)OCCN1C1CC1. The van der Waals surface area contributed by atoms with Crippen molar-refractivity contribution in [1.82, 2.24) is 14.7 Å². The first-order valence-electron chi connectivity index (χ1n) is 6.36. The molecule has 0 aromatic carbocycles. The maximum absolute atomic E-state index is 5.85. The molecular formula is C12H20N4O. The van der Waals surface area contributed by atoms with Crippen LogP contribution in [0, 0.1) is 0 Å². The third kappa shape index (κ3) is 1.99. The maximum Gasteiger partial charge on any atom is 0.0909 e. The second-order valence-electron chi connectivity index (χ2n) is 4.94. The minimum atomic E-state index is 0.0970. The normalized spacial score (nSPS) is 30.7. The highest BCUT2D eigenvalue weighted by atomic mass is 16.5. The number of morpholine rings is 1. The number of rotatable bonds is 3. The molecule has 2 unspecified atom stereocenters. The molecular weight excluding hydrogens is 216 g/mol. The molecule has 0 spiro atoms. The van der Waals surface area contributed by atoms with Gasteiger partial charge in [-0.3, -0.25) is 9.58 Å². The number of hydrogen-bond donors (Lipinski definition) is 1. The van der Waals surface area contributed by atoms with Gasteiger partial charge in [0.05, 0.1) is 24.4 Å². The Morgan fingerprint density at radius 1 is 1.53 bits per heavy atom. The van der Waals surface area contributed by atoms with Gasteiger partial charge in [-0.1, -0.05) is 0 Å². The number of nitrogens with two attached hydrogens (primary N) is 1. The van der Waals surface area contributed by atoms with Gasteiger partial charge in [-0.05, 0) is 18.9 Å². The molecule has 1 aromatic rings. The van der Waals surface area contributed by atoms with E-state index in [1.54, 1.807) is 0 Å². The van der Waals surface area contributed by atoms with Crippen molar-refractivity contribution in [3.8, 4) is 0 Å². The van der Waals surface area contributed by atoms with Crippen molar-refractivity contribution in [2.45, 2.75) is 31.0 Å². The smallest absolute Gasteiger partial charge is 0.0909 e. The van der Waals surface area contributed by atoms with Crippen LogP contribution in [0.4, 0.5) is 0 Å². The van der Waals surface area contributed by atoms with Crippen LogP contribution < -0.4 is 5.73 Å². The lowest BCUT2D eigenvalue weighted by molar-refractivity contribution is -0.0736. The highest BCUT2D eigenvalue weighted by Gasteiger charge is 2.41. The Hall–Kier alpha value is -0.910. The molecule has 2 aliphatic rings. The topological polar surface area (TPSA) is 56.3 Å². The van der Waals surface area contributed by atoms with E-state index in [4.69, 9.17) is 10.5 Å². The molecule has 2 heterocycles. The van der Waals surface area contributed by atoms with Gasteiger partial charge < -0.3 is 10.5 Å². The van der Waals surface area contributed by atoms with Crippen LogP contribution in [0.1, 0.15) is 24.6 Å². The van der Waals surface area contributed by atoms with Crippen molar-refractivity contribution in [2.24, 2.45) is 12.8 Å². The van der Waals surface area contributed by atoms with E-state index in [0.29, 0.717) is 6.54 Å². The Morgan fingerprint density at radius 2 is 2.35 bits per heavy atom. The highest BCUT2D eigenvalue weighted by Crippen LogP contribution is 2.38. The number of ether oxygens (including phenoxy) is 1. The number of nitrogens with zero attached hydrogens (tertiary/aromatic N) is 3. The molecule has 0 bridgehead atoms. The van der Waals surface area contributed by atoms with Gasteiger partial charge in [-0.15, -0.1) is 0 Å². The Morgan fingerprint density at radius 3 is 2.94 bits per heavy atom. The standard InChI is InChI=1S/C12H20N4O/c1-15-10(4-5-14-15)12-11(8-13)17-7-6-16(12)9-2-3-9/h4-5,9,11-12H,2-3,6-8,13H2,1H3. The summed E-state index contributed by atoms with van der Waals surface area (Å²) in [5, 5.41) is 4.27. The Labute approximate surface area is 102 Å². The molecule has 2 atom stereocenters. The van der Waals surface area contributed by atoms with Crippen LogP contribution in [-0.2, 0) is 11.8 Å². The van der Waals surface area contributed by atoms with Gasteiger partial charge in [0.1, 0.15) is 0 Å². The second-order valence-corrected chi connectivity index (χ2v) is 4.94. The Balaban J connectivity index is 1.91. The molecule has 94 valence electrons. The molecule has 5 nitrogen and oxygen atoms in total. The zero-order valence-electron chi connectivity index (χ0n) is 10.2. The lowest BCUT2D eigenvalue weighted by atomic mass is 10.0. The highest BCUT2D eigenvalue weighted by molar-refractivity contribution is 5.12. The molecule has 3 rings (SSSR count). The summed E-state index contributed by atoms with van der Waals surface area (Å²) < 4.78 is 7.76. The van der Waals surface area contributed by atoms with E-state index < -0.39 is 0 Å². The van der Waals surface area contributed by atoms with Crippen LogP contribution in [-0.4, -0.2) is 46.5 Å². The monoisotopic (exact) mass is 236 g/mol. The van der Waals surface area contributed by atoms with Gasteiger partial charge in [0.2, 0.25) is 0 Å². The summed E-state index contributed by atoms with van der Waals surface area (Å²) in [5.41, 5.74) is 7.07. The lowest BCUT2D eigenvalue weighted by Gasteiger charge is -2.41. The van der Waals surface area contributed by atoms with Crippen molar-refractivity contribution in [1.29, 1.82) is 0 Å².